The summed E-state index contributed by atoms with van der Waals surface area (Å²) in [5.74, 6) is 0.833. The van der Waals surface area contributed by atoms with Gasteiger partial charge in [-0.3, -0.25) is 4.79 Å². The van der Waals surface area contributed by atoms with Crippen LogP contribution in [0.2, 0.25) is 0 Å². The van der Waals surface area contributed by atoms with Crippen molar-refractivity contribution in [2.75, 3.05) is 12.0 Å². The molecule has 0 bridgehead atoms. The molecule has 0 heterocycles. The first-order chi connectivity index (χ1) is 9.75. The third-order valence-corrected chi connectivity index (χ3v) is 4.25. The Morgan fingerprint density at radius 2 is 1.82 bits per heavy atom. The van der Waals surface area contributed by atoms with Crippen LogP contribution >= 0.6 is 24.2 Å². The van der Waals surface area contributed by atoms with Crippen LogP contribution in [0.5, 0.6) is 0 Å². The van der Waals surface area contributed by atoms with Gasteiger partial charge in [0, 0.05) is 0 Å². The molecule has 0 aliphatic rings. The highest BCUT2D eigenvalue weighted by Gasteiger charge is 2.17. The molecule has 0 aliphatic heterocycles. The number of rotatable bonds is 6. The van der Waals surface area contributed by atoms with Crippen molar-refractivity contribution >= 4 is 30.1 Å². The number of hydrogen-bond acceptors (Lipinski definition) is 3. The summed E-state index contributed by atoms with van der Waals surface area (Å²) in [7, 11) is 0. The minimum Gasteiger partial charge on any atom is -0.348 e. The molecule has 1 aromatic rings. The zero-order valence-electron chi connectivity index (χ0n) is 14.2. The average molecular weight is 345 g/mol. The van der Waals surface area contributed by atoms with E-state index in [0.29, 0.717) is 6.42 Å². The van der Waals surface area contributed by atoms with Gasteiger partial charge in [0.15, 0.2) is 0 Å². The van der Waals surface area contributed by atoms with Gasteiger partial charge in [0.05, 0.1) is 12.1 Å². The topological polar surface area (TPSA) is 55.1 Å². The summed E-state index contributed by atoms with van der Waals surface area (Å²) in [4.78, 5) is 12.0. The first-order valence-corrected chi connectivity index (χ1v) is 8.80. The van der Waals surface area contributed by atoms with E-state index in [1.807, 2.05) is 13.2 Å². The van der Waals surface area contributed by atoms with E-state index >= 15 is 0 Å². The van der Waals surface area contributed by atoms with Crippen molar-refractivity contribution in [2.45, 2.75) is 51.6 Å². The van der Waals surface area contributed by atoms with Gasteiger partial charge in [0.2, 0.25) is 5.91 Å². The van der Waals surface area contributed by atoms with Gasteiger partial charge in [0.25, 0.3) is 0 Å². The van der Waals surface area contributed by atoms with Gasteiger partial charge in [-0.25, -0.2) is 0 Å². The molecule has 0 spiro atoms. The predicted octanol–water partition coefficient (Wildman–Crippen LogP) is 3.66. The maximum Gasteiger partial charge on any atom is 0.237 e. The Morgan fingerprint density at radius 1 is 1.27 bits per heavy atom. The standard InChI is InChI=1S/C17H28N2OS.ClH/c1-12(19-16(20)15(18)10-11-21-5)13-6-8-14(9-7-13)17(2,3)4;/h6-9,12,15H,10-11,18H2,1-5H3,(H,19,20);1H/t12?,15-;/m0./s1. The number of carbonyl (C=O) groups is 1. The second-order valence-corrected chi connectivity index (χ2v) is 7.48. The molecule has 126 valence electrons. The molecule has 1 rings (SSSR count). The van der Waals surface area contributed by atoms with Crippen LogP contribution in [0.1, 0.15) is 51.3 Å². The van der Waals surface area contributed by atoms with E-state index in [2.05, 4.69) is 50.4 Å². The lowest BCUT2D eigenvalue weighted by atomic mass is 9.86. The van der Waals surface area contributed by atoms with Gasteiger partial charge in [-0.05, 0) is 41.9 Å². The van der Waals surface area contributed by atoms with Crippen LogP contribution < -0.4 is 11.1 Å². The highest BCUT2D eigenvalue weighted by molar-refractivity contribution is 7.98. The highest BCUT2D eigenvalue weighted by atomic mass is 35.5. The molecule has 5 heteroatoms. The summed E-state index contributed by atoms with van der Waals surface area (Å²) in [6.07, 6.45) is 2.73. The van der Waals surface area contributed by atoms with Gasteiger partial charge in [0.1, 0.15) is 0 Å². The van der Waals surface area contributed by atoms with Gasteiger partial charge in [-0.1, -0.05) is 45.0 Å². The molecule has 0 aromatic heterocycles. The van der Waals surface area contributed by atoms with Crippen LogP contribution in [0, 0.1) is 0 Å². The summed E-state index contributed by atoms with van der Waals surface area (Å²) in [5.41, 5.74) is 8.43. The molecule has 0 saturated carbocycles. The number of hydrogen-bond donors (Lipinski definition) is 2. The number of thioether (sulfide) groups is 1. The lowest BCUT2D eigenvalue weighted by Crippen LogP contribution is -2.41. The fourth-order valence-corrected chi connectivity index (χ4v) is 2.54. The second kappa shape index (κ2) is 9.43. The van der Waals surface area contributed by atoms with Crippen molar-refractivity contribution in [3.05, 3.63) is 35.4 Å². The summed E-state index contributed by atoms with van der Waals surface area (Å²) < 4.78 is 0. The quantitative estimate of drug-likeness (QED) is 0.828. The average Bonchev–Trinajstić information content (AvgIpc) is 2.43. The first kappa shape index (κ1) is 21.3. The molecule has 0 aliphatic carbocycles. The van der Waals surface area contributed by atoms with Crippen molar-refractivity contribution in [1.82, 2.24) is 5.32 Å². The molecule has 3 N–H and O–H groups in total. The van der Waals surface area contributed by atoms with Crippen molar-refractivity contribution in [2.24, 2.45) is 5.73 Å². The van der Waals surface area contributed by atoms with E-state index in [-0.39, 0.29) is 29.8 Å². The van der Waals surface area contributed by atoms with Crippen LogP contribution in [0.3, 0.4) is 0 Å². The number of nitrogens with one attached hydrogen (secondary N) is 1. The van der Waals surface area contributed by atoms with Crippen LogP contribution in [0.15, 0.2) is 24.3 Å². The third-order valence-electron chi connectivity index (χ3n) is 3.61. The predicted molar refractivity (Wildman–Crippen MR) is 99.9 cm³/mol. The lowest BCUT2D eigenvalue weighted by Gasteiger charge is -2.21. The highest BCUT2D eigenvalue weighted by Crippen LogP contribution is 2.23. The smallest absolute Gasteiger partial charge is 0.237 e. The first-order valence-electron chi connectivity index (χ1n) is 7.41. The van der Waals surface area contributed by atoms with Crippen molar-refractivity contribution < 1.29 is 4.79 Å². The maximum atomic E-state index is 12.0. The van der Waals surface area contributed by atoms with Crippen LogP contribution in [-0.4, -0.2) is 24.0 Å². The van der Waals surface area contributed by atoms with E-state index in [9.17, 15) is 4.79 Å². The Hall–Kier alpha value is -0.710. The van der Waals surface area contributed by atoms with Gasteiger partial charge in [-0.2, -0.15) is 11.8 Å². The van der Waals surface area contributed by atoms with Gasteiger partial charge < -0.3 is 11.1 Å². The Balaban J connectivity index is 0.00000441. The molecule has 1 unspecified atom stereocenters. The molecule has 2 atom stereocenters. The van der Waals surface area contributed by atoms with E-state index in [1.165, 1.54) is 5.56 Å². The van der Waals surface area contributed by atoms with Crippen molar-refractivity contribution in [3.8, 4) is 0 Å². The Morgan fingerprint density at radius 3 is 2.27 bits per heavy atom. The Labute approximate surface area is 145 Å². The van der Waals surface area contributed by atoms with Crippen LogP contribution in [0.25, 0.3) is 0 Å². The van der Waals surface area contributed by atoms with Crippen LogP contribution in [0.4, 0.5) is 0 Å². The maximum absolute atomic E-state index is 12.0. The van der Waals surface area contributed by atoms with Crippen molar-refractivity contribution in [3.63, 3.8) is 0 Å². The van der Waals surface area contributed by atoms with Gasteiger partial charge in [-0.15, -0.1) is 12.4 Å². The van der Waals surface area contributed by atoms with E-state index < -0.39 is 6.04 Å². The van der Waals surface area contributed by atoms with Gasteiger partial charge >= 0.3 is 0 Å². The molecular weight excluding hydrogens is 316 g/mol. The Kier molecular flexibility index (Phi) is 9.13. The normalized spacial score (nSPS) is 13.9. The summed E-state index contributed by atoms with van der Waals surface area (Å²) in [6.45, 7) is 8.57. The molecule has 22 heavy (non-hydrogen) atoms. The summed E-state index contributed by atoms with van der Waals surface area (Å²) in [5, 5.41) is 2.99. The second-order valence-electron chi connectivity index (χ2n) is 6.49. The molecule has 0 fully saturated rings. The monoisotopic (exact) mass is 344 g/mol. The Bertz CT molecular complexity index is 457. The largest absolute Gasteiger partial charge is 0.348 e. The molecule has 1 aromatic carbocycles. The molecule has 0 radical (unpaired) electrons. The van der Waals surface area contributed by atoms with E-state index in [0.717, 1.165) is 11.3 Å². The van der Waals surface area contributed by atoms with E-state index in [1.54, 1.807) is 11.8 Å². The summed E-state index contributed by atoms with van der Waals surface area (Å²) in [6, 6.07) is 7.98. The number of carbonyl (C=O) groups excluding carboxylic acids is 1. The molecular formula is C17H29ClN2OS. The molecule has 1 amide bonds. The zero-order chi connectivity index (χ0) is 16.0. The summed E-state index contributed by atoms with van der Waals surface area (Å²) >= 11 is 1.71. The zero-order valence-corrected chi connectivity index (χ0v) is 15.8. The minimum absolute atomic E-state index is 0. The molecule has 3 nitrogen and oxygen atoms in total. The van der Waals surface area contributed by atoms with E-state index in [4.69, 9.17) is 5.73 Å². The third kappa shape index (κ3) is 6.59. The molecule has 0 saturated heterocycles. The SMILES string of the molecule is CSCC[C@H](N)C(=O)NC(C)c1ccc(C(C)(C)C)cc1.Cl. The fraction of sp³-hybridized carbons (Fsp3) is 0.588. The fourth-order valence-electron chi connectivity index (χ4n) is 2.05. The van der Waals surface area contributed by atoms with Crippen LogP contribution in [-0.2, 0) is 10.2 Å². The minimum atomic E-state index is -0.422. The number of halogens is 1. The number of nitrogens with two attached hydrogens (primary N) is 1. The number of benzene rings is 1. The van der Waals surface area contributed by atoms with Crippen molar-refractivity contribution in [1.29, 1.82) is 0 Å². The lowest BCUT2D eigenvalue weighted by molar-refractivity contribution is -0.123. The number of amides is 1.